The number of fused-ring (bicyclic) bond motifs is 3. The van der Waals surface area contributed by atoms with Crippen molar-refractivity contribution in [1.29, 1.82) is 0 Å². The van der Waals surface area contributed by atoms with Gasteiger partial charge in [0.2, 0.25) is 0 Å². The van der Waals surface area contributed by atoms with E-state index in [1.54, 1.807) is 6.21 Å². The number of carbonyl (C=O) groups is 1. The number of hydrogen-bond donors (Lipinski definition) is 1. The second kappa shape index (κ2) is 3.65. The molecular formula is C14H15N3O. The number of hydrogen-bond acceptors (Lipinski definition) is 3. The molecule has 1 N–H and O–H groups in total. The summed E-state index contributed by atoms with van der Waals surface area (Å²) in [5.74, 6) is -0.111. The van der Waals surface area contributed by atoms with Crippen LogP contribution in [0.2, 0.25) is 0 Å². The molecule has 3 aliphatic heterocycles. The molecule has 0 aliphatic carbocycles. The van der Waals surface area contributed by atoms with Gasteiger partial charge in [0.1, 0.15) is 0 Å². The van der Waals surface area contributed by atoms with Crippen LogP contribution in [0.1, 0.15) is 28.8 Å². The molecule has 4 heteroatoms. The smallest absolute Gasteiger partial charge is 0.277 e. The zero-order valence-corrected chi connectivity index (χ0v) is 10.1. The van der Waals surface area contributed by atoms with E-state index < -0.39 is 0 Å². The quantitative estimate of drug-likeness (QED) is 0.803. The summed E-state index contributed by atoms with van der Waals surface area (Å²) in [6.07, 6.45) is 4.22. The number of aliphatic imine (C=N–C) groups is 1. The van der Waals surface area contributed by atoms with E-state index in [4.69, 9.17) is 0 Å². The van der Waals surface area contributed by atoms with E-state index in [1.165, 1.54) is 18.5 Å². The maximum absolute atomic E-state index is 11.5. The van der Waals surface area contributed by atoms with Gasteiger partial charge in [-0.15, -0.1) is 0 Å². The van der Waals surface area contributed by atoms with Crippen molar-refractivity contribution in [1.82, 2.24) is 5.32 Å². The molecule has 3 heterocycles. The molecule has 0 spiro atoms. The minimum absolute atomic E-state index is 0.111. The standard InChI is InChI=1S/C14H15N3O/c18-14-13-4-3-10(5-9(13)6-16-14)17-11-1-2-12(17)8-15-7-11/h3-6,11-12,15H,1-2,7-8H2. The molecule has 2 unspecified atom stereocenters. The summed E-state index contributed by atoms with van der Waals surface area (Å²) in [5, 5.41) is 3.48. The van der Waals surface area contributed by atoms with Gasteiger partial charge < -0.3 is 10.2 Å². The van der Waals surface area contributed by atoms with Gasteiger partial charge in [-0.1, -0.05) is 0 Å². The third-order valence-corrected chi connectivity index (χ3v) is 4.26. The van der Waals surface area contributed by atoms with Gasteiger partial charge in [0, 0.05) is 42.6 Å². The second-order valence-electron chi connectivity index (χ2n) is 5.29. The van der Waals surface area contributed by atoms with E-state index in [-0.39, 0.29) is 5.91 Å². The highest BCUT2D eigenvalue weighted by atomic mass is 16.1. The van der Waals surface area contributed by atoms with Gasteiger partial charge >= 0.3 is 0 Å². The third-order valence-electron chi connectivity index (χ3n) is 4.26. The van der Waals surface area contributed by atoms with Gasteiger partial charge in [0.25, 0.3) is 5.91 Å². The van der Waals surface area contributed by atoms with Crippen LogP contribution in [-0.2, 0) is 0 Å². The second-order valence-corrected chi connectivity index (χ2v) is 5.29. The summed E-state index contributed by atoms with van der Waals surface area (Å²) in [7, 11) is 0. The molecule has 2 fully saturated rings. The van der Waals surface area contributed by atoms with E-state index in [0.29, 0.717) is 12.1 Å². The Morgan fingerprint density at radius 1 is 1.22 bits per heavy atom. The predicted octanol–water partition coefficient (Wildman–Crippen LogP) is 1.20. The molecule has 4 nitrogen and oxygen atoms in total. The van der Waals surface area contributed by atoms with Crippen molar-refractivity contribution in [2.24, 2.45) is 4.99 Å². The van der Waals surface area contributed by atoms with Crippen molar-refractivity contribution < 1.29 is 4.79 Å². The van der Waals surface area contributed by atoms with Crippen LogP contribution in [0.4, 0.5) is 5.69 Å². The lowest BCUT2D eigenvalue weighted by Crippen LogP contribution is -2.52. The summed E-state index contributed by atoms with van der Waals surface area (Å²) in [6.45, 7) is 2.14. The molecule has 0 radical (unpaired) electrons. The molecule has 2 saturated heterocycles. The number of rotatable bonds is 1. The highest BCUT2D eigenvalue weighted by Crippen LogP contribution is 2.33. The molecule has 3 aliphatic rings. The largest absolute Gasteiger partial charge is 0.363 e. The van der Waals surface area contributed by atoms with E-state index in [1.807, 2.05) is 6.07 Å². The van der Waals surface area contributed by atoms with E-state index >= 15 is 0 Å². The highest BCUT2D eigenvalue weighted by Gasteiger charge is 2.36. The van der Waals surface area contributed by atoms with Crippen molar-refractivity contribution in [3.05, 3.63) is 29.3 Å². The van der Waals surface area contributed by atoms with E-state index in [2.05, 4.69) is 27.3 Å². The average molecular weight is 241 g/mol. The molecule has 1 aromatic rings. The van der Waals surface area contributed by atoms with Crippen molar-refractivity contribution in [3.8, 4) is 0 Å². The number of piperazine rings is 1. The number of nitrogens with zero attached hydrogens (tertiary/aromatic N) is 2. The molecule has 18 heavy (non-hydrogen) atoms. The molecule has 2 bridgehead atoms. The lowest BCUT2D eigenvalue weighted by molar-refractivity contribution is 0.101. The maximum atomic E-state index is 11.5. The normalized spacial score (nSPS) is 28.9. The maximum Gasteiger partial charge on any atom is 0.277 e. The molecule has 92 valence electrons. The van der Waals surface area contributed by atoms with E-state index in [0.717, 1.165) is 24.2 Å². The van der Waals surface area contributed by atoms with Crippen LogP contribution in [0.15, 0.2) is 23.2 Å². The van der Waals surface area contributed by atoms with Crippen LogP contribution in [0, 0.1) is 0 Å². The van der Waals surface area contributed by atoms with Crippen molar-refractivity contribution in [2.45, 2.75) is 24.9 Å². The first kappa shape index (κ1) is 10.3. The Balaban J connectivity index is 1.74. The molecule has 0 saturated carbocycles. The van der Waals surface area contributed by atoms with Crippen LogP contribution < -0.4 is 10.2 Å². The van der Waals surface area contributed by atoms with Crippen molar-refractivity contribution >= 4 is 17.8 Å². The minimum atomic E-state index is -0.111. The van der Waals surface area contributed by atoms with Gasteiger partial charge in [-0.2, -0.15) is 0 Å². The highest BCUT2D eigenvalue weighted by molar-refractivity contribution is 6.13. The summed E-state index contributed by atoms with van der Waals surface area (Å²) in [6, 6.07) is 7.32. The van der Waals surface area contributed by atoms with Gasteiger partial charge in [0.15, 0.2) is 0 Å². The predicted molar refractivity (Wildman–Crippen MR) is 70.5 cm³/mol. The lowest BCUT2D eigenvalue weighted by atomic mass is 10.1. The topological polar surface area (TPSA) is 44.7 Å². The summed E-state index contributed by atoms with van der Waals surface area (Å²) in [4.78, 5) is 17.8. The average Bonchev–Trinajstić information content (AvgIpc) is 2.87. The van der Waals surface area contributed by atoms with Crippen LogP contribution >= 0.6 is 0 Å². The number of anilines is 1. The zero-order chi connectivity index (χ0) is 12.1. The van der Waals surface area contributed by atoms with Crippen LogP contribution in [0.5, 0.6) is 0 Å². The first-order chi connectivity index (χ1) is 8.83. The SMILES string of the molecule is O=C1N=Cc2cc(N3C4CCC3CNC4)ccc21. The van der Waals surface area contributed by atoms with Gasteiger partial charge in [-0.3, -0.25) is 4.79 Å². The lowest BCUT2D eigenvalue weighted by Gasteiger charge is -2.37. The van der Waals surface area contributed by atoms with Gasteiger partial charge in [0.05, 0.1) is 5.56 Å². The summed E-state index contributed by atoms with van der Waals surface area (Å²) >= 11 is 0. The Morgan fingerprint density at radius 2 is 2.00 bits per heavy atom. The van der Waals surface area contributed by atoms with Crippen molar-refractivity contribution in [3.63, 3.8) is 0 Å². The van der Waals surface area contributed by atoms with Crippen LogP contribution in [0.3, 0.4) is 0 Å². The monoisotopic (exact) mass is 241 g/mol. The fraction of sp³-hybridized carbons (Fsp3) is 0.429. The molecule has 4 rings (SSSR count). The summed E-state index contributed by atoms with van der Waals surface area (Å²) in [5.41, 5.74) is 2.94. The van der Waals surface area contributed by atoms with Gasteiger partial charge in [-0.25, -0.2) is 4.99 Å². The van der Waals surface area contributed by atoms with Crippen LogP contribution in [0.25, 0.3) is 0 Å². The molecule has 2 atom stereocenters. The Hall–Kier alpha value is -1.68. The minimum Gasteiger partial charge on any atom is -0.363 e. The zero-order valence-electron chi connectivity index (χ0n) is 10.1. The first-order valence-corrected chi connectivity index (χ1v) is 6.54. The van der Waals surface area contributed by atoms with Crippen molar-refractivity contribution in [2.75, 3.05) is 18.0 Å². The number of nitrogens with one attached hydrogen (secondary N) is 1. The number of carbonyl (C=O) groups excluding carboxylic acids is 1. The Bertz CT molecular complexity index is 536. The number of benzene rings is 1. The Kier molecular flexibility index (Phi) is 2.08. The van der Waals surface area contributed by atoms with Gasteiger partial charge in [-0.05, 0) is 31.0 Å². The molecule has 0 aromatic heterocycles. The Labute approximate surface area is 106 Å². The molecule has 1 amide bonds. The fourth-order valence-corrected chi connectivity index (χ4v) is 3.41. The first-order valence-electron chi connectivity index (χ1n) is 6.54. The molecular weight excluding hydrogens is 226 g/mol. The number of amides is 1. The van der Waals surface area contributed by atoms with Crippen LogP contribution in [-0.4, -0.2) is 37.3 Å². The Morgan fingerprint density at radius 3 is 2.78 bits per heavy atom. The molecule has 1 aromatic carbocycles. The fourth-order valence-electron chi connectivity index (χ4n) is 3.41. The third kappa shape index (κ3) is 1.35. The summed E-state index contributed by atoms with van der Waals surface area (Å²) < 4.78 is 0. The van der Waals surface area contributed by atoms with E-state index in [9.17, 15) is 4.79 Å².